The number of aryl methyl sites for hydroxylation is 1. The third kappa shape index (κ3) is 1.49. The van der Waals surface area contributed by atoms with Gasteiger partial charge >= 0.3 is 0 Å². The van der Waals surface area contributed by atoms with Crippen LogP contribution in [0.2, 0.25) is 5.02 Å². The fourth-order valence-corrected chi connectivity index (χ4v) is 2.30. The molecule has 0 atom stereocenters. The lowest BCUT2D eigenvalue weighted by molar-refractivity contribution is 0.781. The minimum atomic E-state index is 0.513. The molecule has 17 heavy (non-hydrogen) atoms. The fraction of sp³-hybridized carbons (Fsp3) is 0.0833. The van der Waals surface area contributed by atoms with E-state index in [-0.39, 0.29) is 0 Å². The van der Waals surface area contributed by atoms with Gasteiger partial charge in [-0.2, -0.15) is 5.10 Å². The minimum absolute atomic E-state index is 0.513. The Morgan fingerprint density at radius 3 is 2.94 bits per heavy atom. The van der Waals surface area contributed by atoms with Gasteiger partial charge in [-0.1, -0.05) is 23.7 Å². The number of nitrogens with zero attached hydrogens (tertiary/aromatic N) is 2. The van der Waals surface area contributed by atoms with Gasteiger partial charge in [-0.15, -0.1) is 0 Å². The third-order valence-corrected chi connectivity index (χ3v) is 3.15. The summed E-state index contributed by atoms with van der Waals surface area (Å²) in [6.07, 6.45) is 1.92. The van der Waals surface area contributed by atoms with E-state index >= 15 is 0 Å². The number of nitrogens with one attached hydrogen (secondary N) is 1. The minimum Gasteiger partial charge on any atom is -0.382 e. The molecule has 2 heterocycles. The van der Waals surface area contributed by atoms with Gasteiger partial charge in [0.25, 0.3) is 0 Å². The van der Waals surface area contributed by atoms with Crippen LogP contribution in [0.5, 0.6) is 0 Å². The molecule has 3 aromatic rings. The Kier molecular flexibility index (Phi) is 2.12. The van der Waals surface area contributed by atoms with Crippen molar-refractivity contribution < 1.29 is 0 Å². The number of nitrogens with two attached hydrogens (primary N) is 1. The van der Waals surface area contributed by atoms with E-state index in [2.05, 4.69) is 10.1 Å². The van der Waals surface area contributed by atoms with Crippen LogP contribution in [-0.4, -0.2) is 14.8 Å². The molecule has 1 aromatic carbocycles. The van der Waals surface area contributed by atoms with E-state index in [1.807, 2.05) is 37.5 Å². The van der Waals surface area contributed by atoms with Crippen LogP contribution >= 0.6 is 11.6 Å². The second-order valence-electron chi connectivity index (χ2n) is 3.94. The van der Waals surface area contributed by atoms with E-state index in [9.17, 15) is 0 Å². The normalized spacial score (nSPS) is 11.2. The predicted molar refractivity (Wildman–Crippen MR) is 69.9 cm³/mol. The maximum Gasteiger partial charge on any atom is 0.146 e. The lowest BCUT2D eigenvalue weighted by atomic mass is 10.1. The maximum absolute atomic E-state index is 6.12. The summed E-state index contributed by atoms with van der Waals surface area (Å²) in [5, 5.41) is 5.93. The molecule has 0 unspecified atom stereocenters. The van der Waals surface area contributed by atoms with Gasteiger partial charge in [-0.25, -0.2) is 0 Å². The number of nitrogen functional groups attached to an aromatic ring is 1. The first-order valence-electron chi connectivity index (χ1n) is 5.22. The average molecular weight is 247 g/mol. The number of rotatable bonds is 1. The molecule has 0 aliphatic rings. The molecule has 0 radical (unpaired) electrons. The summed E-state index contributed by atoms with van der Waals surface area (Å²) in [6.45, 7) is 0. The molecule has 86 valence electrons. The third-order valence-electron chi connectivity index (χ3n) is 2.84. The van der Waals surface area contributed by atoms with Crippen molar-refractivity contribution in [2.75, 3.05) is 5.73 Å². The van der Waals surface area contributed by atoms with E-state index in [0.717, 1.165) is 22.2 Å². The van der Waals surface area contributed by atoms with Crippen molar-refractivity contribution in [3.05, 3.63) is 35.5 Å². The van der Waals surface area contributed by atoms with E-state index in [1.54, 1.807) is 4.68 Å². The van der Waals surface area contributed by atoms with Crippen LogP contribution in [0.15, 0.2) is 30.5 Å². The summed E-state index contributed by atoms with van der Waals surface area (Å²) in [7, 11) is 1.87. The monoisotopic (exact) mass is 246 g/mol. The second kappa shape index (κ2) is 3.53. The topological polar surface area (TPSA) is 59.6 Å². The number of para-hydroxylation sites is 1. The van der Waals surface area contributed by atoms with E-state index < -0.39 is 0 Å². The number of aromatic amines is 1. The Bertz CT molecular complexity index is 696. The number of H-pyrrole nitrogens is 1. The van der Waals surface area contributed by atoms with Crippen LogP contribution in [0.25, 0.3) is 22.2 Å². The molecule has 0 saturated heterocycles. The molecule has 0 bridgehead atoms. The van der Waals surface area contributed by atoms with Crippen molar-refractivity contribution in [2.24, 2.45) is 7.05 Å². The van der Waals surface area contributed by atoms with Crippen molar-refractivity contribution in [1.82, 2.24) is 14.8 Å². The SMILES string of the molecule is Cn1nc(N)cc1-c1c[nH]c2c(Cl)cccc12. The lowest BCUT2D eigenvalue weighted by Gasteiger charge is -1.99. The number of benzene rings is 1. The summed E-state index contributed by atoms with van der Waals surface area (Å²) in [5.41, 5.74) is 8.64. The van der Waals surface area contributed by atoms with Crippen molar-refractivity contribution in [2.45, 2.75) is 0 Å². The molecule has 5 heteroatoms. The van der Waals surface area contributed by atoms with Gasteiger partial charge in [0, 0.05) is 30.3 Å². The van der Waals surface area contributed by atoms with Gasteiger partial charge in [-0.05, 0) is 6.07 Å². The molecule has 0 fully saturated rings. The Labute approximate surface area is 103 Å². The first-order valence-corrected chi connectivity index (χ1v) is 5.60. The number of hydrogen-bond acceptors (Lipinski definition) is 2. The van der Waals surface area contributed by atoms with Gasteiger partial charge < -0.3 is 10.7 Å². The molecule has 2 aromatic heterocycles. The van der Waals surface area contributed by atoms with Gasteiger partial charge in [0.15, 0.2) is 0 Å². The molecule has 0 spiro atoms. The highest BCUT2D eigenvalue weighted by molar-refractivity contribution is 6.35. The van der Waals surface area contributed by atoms with E-state index in [1.165, 1.54) is 0 Å². The summed E-state index contributed by atoms with van der Waals surface area (Å²) in [6, 6.07) is 7.67. The van der Waals surface area contributed by atoms with Crippen LogP contribution in [0.4, 0.5) is 5.82 Å². The van der Waals surface area contributed by atoms with Crippen LogP contribution in [0, 0.1) is 0 Å². The zero-order valence-corrected chi connectivity index (χ0v) is 9.99. The van der Waals surface area contributed by atoms with E-state index in [0.29, 0.717) is 10.8 Å². The number of fused-ring (bicyclic) bond motifs is 1. The van der Waals surface area contributed by atoms with Crippen molar-refractivity contribution in [3.8, 4) is 11.3 Å². The average Bonchev–Trinajstić information content (AvgIpc) is 2.83. The molecule has 0 aliphatic heterocycles. The van der Waals surface area contributed by atoms with Crippen molar-refractivity contribution in [3.63, 3.8) is 0 Å². The number of anilines is 1. The number of halogens is 1. The standard InChI is InChI=1S/C12H11ClN4/c1-17-10(5-11(14)16-17)8-6-15-12-7(8)3-2-4-9(12)13/h2-6,15H,1H3,(H2,14,16). The number of hydrogen-bond donors (Lipinski definition) is 2. The smallest absolute Gasteiger partial charge is 0.146 e. The molecule has 0 aliphatic carbocycles. The molecule has 3 N–H and O–H groups in total. The summed E-state index contributed by atoms with van der Waals surface area (Å²) >= 11 is 6.12. The second-order valence-corrected chi connectivity index (χ2v) is 4.35. The van der Waals surface area contributed by atoms with Gasteiger partial charge in [0.1, 0.15) is 5.82 Å². The highest BCUT2D eigenvalue weighted by Gasteiger charge is 2.12. The Morgan fingerprint density at radius 1 is 1.41 bits per heavy atom. The molecule has 0 saturated carbocycles. The van der Waals surface area contributed by atoms with Gasteiger partial charge in [-0.3, -0.25) is 4.68 Å². The Hall–Kier alpha value is -1.94. The molecule has 0 amide bonds. The highest BCUT2D eigenvalue weighted by atomic mass is 35.5. The highest BCUT2D eigenvalue weighted by Crippen LogP contribution is 2.32. The van der Waals surface area contributed by atoms with Crippen LogP contribution in [0.3, 0.4) is 0 Å². The lowest BCUT2D eigenvalue weighted by Crippen LogP contribution is -1.94. The predicted octanol–water partition coefficient (Wildman–Crippen LogP) is 2.80. The molecular formula is C12H11ClN4. The Morgan fingerprint density at radius 2 is 2.24 bits per heavy atom. The summed E-state index contributed by atoms with van der Waals surface area (Å²) < 4.78 is 1.76. The fourth-order valence-electron chi connectivity index (χ4n) is 2.07. The Balaban J connectivity index is 2.32. The first kappa shape index (κ1) is 10.2. The summed E-state index contributed by atoms with van der Waals surface area (Å²) in [5.74, 6) is 0.513. The molecule has 3 rings (SSSR count). The molecular weight excluding hydrogens is 236 g/mol. The van der Waals surface area contributed by atoms with Gasteiger partial charge in [0.2, 0.25) is 0 Å². The number of aromatic nitrogens is 3. The molecule has 4 nitrogen and oxygen atoms in total. The maximum atomic E-state index is 6.12. The van der Waals surface area contributed by atoms with Crippen molar-refractivity contribution >= 4 is 28.3 Å². The zero-order chi connectivity index (χ0) is 12.0. The van der Waals surface area contributed by atoms with Crippen LogP contribution in [0.1, 0.15) is 0 Å². The van der Waals surface area contributed by atoms with Crippen molar-refractivity contribution in [1.29, 1.82) is 0 Å². The van der Waals surface area contributed by atoms with Crippen LogP contribution < -0.4 is 5.73 Å². The quantitative estimate of drug-likeness (QED) is 0.694. The first-order chi connectivity index (χ1) is 8.16. The summed E-state index contributed by atoms with van der Waals surface area (Å²) in [4.78, 5) is 3.18. The largest absolute Gasteiger partial charge is 0.382 e. The van der Waals surface area contributed by atoms with Crippen LogP contribution in [-0.2, 0) is 7.05 Å². The zero-order valence-electron chi connectivity index (χ0n) is 9.24. The van der Waals surface area contributed by atoms with E-state index in [4.69, 9.17) is 17.3 Å². The van der Waals surface area contributed by atoms with Gasteiger partial charge in [0.05, 0.1) is 16.2 Å².